The maximum atomic E-state index is 12.0. The fourth-order valence-electron chi connectivity index (χ4n) is 1.68. The van der Waals surface area contributed by atoms with E-state index in [9.17, 15) is 13.6 Å². The van der Waals surface area contributed by atoms with E-state index in [2.05, 4.69) is 15.3 Å². The molecule has 0 fully saturated rings. The van der Waals surface area contributed by atoms with Crippen LogP contribution in [0.1, 0.15) is 15.9 Å². The standard InChI is InChI=1S/C15H11ClF2N2O3/c16-13-6-3-10(7-12(13)14(21)22)20-19-8-9-1-4-11(5-2-9)23-15(17)18/h1-8,15,20H,(H,21,22)/b19-8-. The Bertz CT molecular complexity index is 721. The SMILES string of the molecule is O=C(O)c1cc(N/N=C\c2ccc(OC(F)F)cc2)ccc1Cl. The van der Waals surface area contributed by atoms with Crippen molar-refractivity contribution in [1.29, 1.82) is 0 Å². The van der Waals surface area contributed by atoms with E-state index < -0.39 is 12.6 Å². The third-order valence-corrected chi connectivity index (χ3v) is 3.04. The third kappa shape index (κ3) is 4.93. The van der Waals surface area contributed by atoms with Gasteiger partial charge in [-0.1, -0.05) is 11.6 Å². The second-order valence-corrected chi connectivity index (χ2v) is 4.72. The number of nitrogens with zero attached hydrogens (tertiary/aromatic N) is 1. The van der Waals surface area contributed by atoms with E-state index >= 15 is 0 Å². The molecule has 8 heteroatoms. The molecule has 0 radical (unpaired) electrons. The molecule has 0 saturated heterocycles. The summed E-state index contributed by atoms with van der Waals surface area (Å²) >= 11 is 5.76. The first-order valence-electron chi connectivity index (χ1n) is 6.32. The molecular weight excluding hydrogens is 330 g/mol. The summed E-state index contributed by atoms with van der Waals surface area (Å²) in [4.78, 5) is 11.0. The van der Waals surface area contributed by atoms with Gasteiger partial charge in [-0.2, -0.15) is 13.9 Å². The summed E-state index contributed by atoms with van der Waals surface area (Å²) in [5, 5.41) is 13.0. The summed E-state index contributed by atoms with van der Waals surface area (Å²) in [6.07, 6.45) is 1.45. The predicted molar refractivity (Wildman–Crippen MR) is 82.7 cm³/mol. The zero-order valence-corrected chi connectivity index (χ0v) is 12.3. The summed E-state index contributed by atoms with van der Waals surface area (Å²) in [5.41, 5.74) is 3.71. The zero-order valence-electron chi connectivity index (χ0n) is 11.5. The Balaban J connectivity index is 2.01. The van der Waals surface area contributed by atoms with Crippen LogP contribution in [-0.4, -0.2) is 23.9 Å². The van der Waals surface area contributed by atoms with Crippen molar-refractivity contribution in [2.24, 2.45) is 5.10 Å². The van der Waals surface area contributed by atoms with Crippen LogP contribution >= 0.6 is 11.6 Å². The number of halogens is 3. The van der Waals surface area contributed by atoms with Crippen molar-refractivity contribution in [1.82, 2.24) is 0 Å². The van der Waals surface area contributed by atoms with E-state index in [1.54, 1.807) is 18.2 Å². The van der Waals surface area contributed by atoms with Crippen LogP contribution in [0.3, 0.4) is 0 Å². The highest BCUT2D eigenvalue weighted by Crippen LogP contribution is 2.20. The molecule has 0 aliphatic carbocycles. The van der Waals surface area contributed by atoms with Crippen molar-refractivity contribution < 1.29 is 23.4 Å². The molecule has 0 bridgehead atoms. The minimum Gasteiger partial charge on any atom is -0.478 e. The molecule has 0 atom stereocenters. The molecule has 0 aliphatic rings. The number of carbonyl (C=O) groups is 1. The molecule has 2 N–H and O–H groups in total. The molecule has 23 heavy (non-hydrogen) atoms. The third-order valence-electron chi connectivity index (χ3n) is 2.71. The van der Waals surface area contributed by atoms with Gasteiger partial charge in [-0.05, 0) is 48.0 Å². The van der Waals surface area contributed by atoms with Crippen LogP contribution in [0.4, 0.5) is 14.5 Å². The van der Waals surface area contributed by atoms with Gasteiger partial charge in [0.05, 0.1) is 22.5 Å². The van der Waals surface area contributed by atoms with Crippen LogP contribution in [0.25, 0.3) is 0 Å². The van der Waals surface area contributed by atoms with Crippen LogP contribution in [0, 0.1) is 0 Å². The minimum atomic E-state index is -2.87. The van der Waals surface area contributed by atoms with Crippen molar-refractivity contribution in [3.63, 3.8) is 0 Å². The molecule has 0 amide bonds. The van der Waals surface area contributed by atoms with Gasteiger partial charge in [0.1, 0.15) is 5.75 Å². The average molecular weight is 341 g/mol. The molecule has 2 aromatic rings. The lowest BCUT2D eigenvalue weighted by Gasteiger charge is -2.04. The summed E-state index contributed by atoms with van der Waals surface area (Å²) in [5.74, 6) is -1.09. The first-order chi connectivity index (χ1) is 11.0. The van der Waals surface area contributed by atoms with Gasteiger partial charge in [-0.15, -0.1) is 0 Å². The number of carboxylic acids is 1. The number of alkyl halides is 2. The monoisotopic (exact) mass is 340 g/mol. The van der Waals surface area contributed by atoms with E-state index in [-0.39, 0.29) is 16.3 Å². The number of aromatic carboxylic acids is 1. The molecular formula is C15H11ClF2N2O3. The van der Waals surface area contributed by atoms with E-state index in [4.69, 9.17) is 16.7 Å². The Kier molecular flexibility index (Phi) is 5.48. The fourth-order valence-corrected chi connectivity index (χ4v) is 1.87. The summed E-state index contributed by atoms with van der Waals surface area (Å²) < 4.78 is 28.3. The van der Waals surface area contributed by atoms with E-state index in [1.165, 1.54) is 30.5 Å². The van der Waals surface area contributed by atoms with E-state index in [0.717, 1.165) is 0 Å². The number of hydrazone groups is 1. The number of anilines is 1. The van der Waals surface area contributed by atoms with Gasteiger partial charge in [0.15, 0.2) is 0 Å². The van der Waals surface area contributed by atoms with Gasteiger partial charge in [0.25, 0.3) is 0 Å². The van der Waals surface area contributed by atoms with Gasteiger partial charge < -0.3 is 9.84 Å². The van der Waals surface area contributed by atoms with Crippen LogP contribution in [0.2, 0.25) is 5.02 Å². The zero-order chi connectivity index (χ0) is 16.8. The van der Waals surface area contributed by atoms with E-state index in [0.29, 0.717) is 11.3 Å². The maximum absolute atomic E-state index is 12.0. The molecule has 2 aromatic carbocycles. The second-order valence-electron chi connectivity index (χ2n) is 4.32. The molecule has 0 saturated carbocycles. The number of carboxylic acid groups (broad SMARTS) is 1. The van der Waals surface area contributed by atoms with Crippen LogP contribution in [0.5, 0.6) is 5.75 Å². The highest BCUT2D eigenvalue weighted by Gasteiger charge is 2.08. The lowest BCUT2D eigenvalue weighted by Crippen LogP contribution is -2.01. The topological polar surface area (TPSA) is 70.9 Å². The van der Waals surface area contributed by atoms with Crippen molar-refractivity contribution >= 4 is 29.5 Å². The normalized spacial score (nSPS) is 11.0. The summed E-state index contributed by atoms with van der Waals surface area (Å²) in [6, 6.07) is 10.2. The Morgan fingerprint density at radius 3 is 2.57 bits per heavy atom. The lowest BCUT2D eigenvalue weighted by atomic mass is 10.2. The van der Waals surface area contributed by atoms with Gasteiger partial charge in [-0.3, -0.25) is 5.43 Å². The molecule has 0 aliphatic heterocycles. The minimum absolute atomic E-state index is 0.0413. The first kappa shape index (κ1) is 16.7. The first-order valence-corrected chi connectivity index (χ1v) is 6.70. The van der Waals surface area contributed by atoms with E-state index in [1.807, 2.05) is 0 Å². The lowest BCUT2D eigenvalue weighted by molar-refractivity contribution is -0.0498. The van der Waals surface area contributed by atoms with Gasteiger partial charge in [-0.25, -0.2) is 4.79 Å². The molecule has 0 unspecified atom stereocenters. The van der Waals surface area contributed by atoms with Crippen molar-refractivity contribution in [2.45, 2.75) is 6.61 Å². The average Bonchev–Trinajstić information content (AvgIpc) is 2.50. The number of ether oxygens (including phenoxy) is 1. The van der Waals surface area contributed by atoms with Gasteiger partial charge in [0.2, 0.25) is 0 Å². The van der Waals surface area contributed by atoms with Crippen molar-refractivity contribution in [3.05, 3.63) is 58.6 Å². The molecule has 0 spiro atoms. The Morgan fingerprint density at radius 1 is 1.26 bits per heavy atom. The second kappa shape index (κ2) is 7.55. The molecule has 0 heterocycles. The molecule has 2 rings (SSSR count). The Morgan fingerprint density at radius 2 is 1.96 bits per heavy atom. The maximum Gasteiger partial charge on any atom is 0.387 e. The van der Waals surface area contributed by atoms with Crippen LogP contribution in [0.15, 0.2) is 47.6 Å². The molecule has 5 nitrogen and oxygen atoms in total. The summed E-state index contributed by atoms with van der Waals surface area (Å²) in [6.45, 7) is -2.87. The highest BCUT2D eigenvalue weighted by molar-refractivity contribution is 6.33. The van der Waals surface area contributed by atoms with Gasteiger partial charge >= 0.3 is 12.6 Å². The smallest absolute Gasteiger partial charge is 0.387 e. The summed E-state index contributed by atoms with van der Waals surface area (Å²) in [7, 11) is 0. The highest BCUT2D eigenvalue weighted by atomic mass is 35.5. The van der Waals surface area contributed by atoms with Crippen LogP contribution in [-0.2, 0) is 0 Å². The Labute approximate surface area is 135 Å². The molecule has 120 valence electrons. The van der Waals surface area contributed by atoms with Gasteiger partial charge in [0, 0.05) is 0 Å². The fraction of sp³-hybridized carbons (Fsp3) is 0.0667. The largest absolute Gasteiger partial charge is 0.478 e. The quantitative estimate of drug-likeness (QED) is 0.614. The van der Waals surface area contributed by atoms with Crippen LogP contribution < -0.4 is 10.2 Å². The number of benzene rings is 2. The Hall–Kier alpha value is -2.67. The predicted octanol–water partition coefficient (Wildman–Crippen LogP) is 4.09. The number of nitrogens with one attached hydrogen (secondary N) is 1. The van der Waals surface area contributed by atoms with Crippen molar-refractivity contribution in [3.8, 4) is 5.75 Å². The number of hydrogen-bond acceptors (Lipinski definition) is 4. The molecule has 0 aromatic heterocycles. The van der Waals surface area contributed by atoms with Crippen molar-refractivity contribution in [2.75, 3.05) is 5.43 Å². The number of hydrogen-bond donors (Lipinski definition) is 2. The number of rotatable bonds is 6.